The first-order chi connectivity index (χ1) is 12.0. The van der Waals surface area contributed by atoms with E-state index < -0.39 is 35.6 Å². The highest BCUT2D eigenvalue weighted by atomic mass is 16.6. The molecule has 10 heteroatoms. The van der Waals surface area contributed by atoms with Crippen LogP contribution in [0.2, 0.25) is 0 Å². The first kappa shape index (κ1) is 20.0. The predicted octanol–water partition coefficient (Wildman–Crippen LogP) is -1.47. The van der Waals surface area contributed by atoms with Crippen molar-refractivity contribution in [2.24, 2.45) is 11.5 Å². The van der Waals surface area contributed by atoms with Gasteiger partial charge in [-0.05, 0) is 33.6 Å². The van der Waals surface area contributed by atoms with E-state index in [0.717, 1.165) is 0 Å². The van der Waals surface area contributed by atoms with Gasteiger partial charge >= 0.3 is 6.09 Å². The summed E-state index contributed by atoms with van der Waals surface area (Å²) in [6.07, 6.45) is 0.0544. The summed E-state index contributed by atoms with van der Waals surface area (Å²) < 4.78 is 5.33. The molecule has 0 saturated carbocycles. The van der Waals surface area contributed by atoms with Crippen LogP contribution < -0.4 is 16.8 Å². The molecule has 2 saturated heterocycles. The van der Waals surface area contributed by atoms with Gasteiger partial charge in [-0.2, -0.15) is 0 Å². The van der Waals surface area contributed by atoms with Crippen molar-refractivity contribution in [3.63, 3.8) is 0 Å². The lowest BCUT2D eigenvalue weighted by molar-refractivity contribution is -0.135. The second kappa shape index (κ2) is 7.48. The Morgan fingerprint density at radius 1 is 1.31 bits per heavy atom. The summed E-state index contributed by atoms with van der Waals surface area (Å²) in [4.78, 5) is 50.8. The highest BCUT2D eigenvalue weighted by molar-refractivity contribution is 5.94. The van der Waals surface area contributed by atoms with Crippen molar-refractivity contribution < 1.29 is 23.9 Å². The van der Waals surface area contributed by atoms with E-state index in [4.69, 9.17) is 16.2 Å². The molecule has 0 bridgehead atoms. The van der Waals surface area contributed by atoms with Crippen LogP contribution in [0.4, 0.5) is 4.79 Å². The van der Waals surface area contributed by atoms with E-state index in [0.29, 0.717) is 13.0 Å². The smallest absolute Gasteiger partial charge is 0.411 e. The molecular formula is C16H27N5O5. The largest absolute Gasteiger partial charge is 0.444 e. The summed E-state index contributed by atoms with van der Waals surface area (Å²) in [5.74, 6) is -1.42. The fraction of sp³-hybridized carbons (Fsp3) is 0.750. The molecule has 0 aromatic carbocycles. The number of ether oxygens (including phenoxy) is 1. The molecule has 0 aromatic heterocycles. The first-order valence-electron chi connectivity index (χ1n) is 8.60. The van der Waals surface area contributed by atoms with E-state index >= 15 is 0 Å². The van der Waals surface area contributed by atoms with E-state index in [1.165, 1.54) is 9.80 Å². The van der Waals surface area contributed by atoms with Crippen molar-refractivity contribution in [2.45, 2.75) is 57.3 Å². The number of rotatable bonds is 4. The summed E-state index contributed by atoms with van der Waals surface area (Å²) in [6.45, 7) is 5.58. The van der Waals surface area contributed by atoms with Crippen molar-refractivity contribution in [1.29, 1.82) is 0 Å². The molecule has 0 aromatic rings. The molecule has 2 aliphatic rings. The number of nitrogens with zero attached hydrogens (tertiary/aromatic N) is 2. The van der Waals surface area contributed by atoms with E-state index in [-0.39, 0.29) is 31.5 Å². The minimum Gasteiger partial charge on any atom is -0.444 e. The SMILES string of the molecule is CC(C)(C)OC(=O)N1C[C@H](N)C[C@H]1C(=O)N[C@@H]1CCN(CC(N)=O)C1=O. The molecule has 0 aliphatic carbocycles. The Morgan fingerprint density at radius 2 is 1.96 bits per heavy atom. The molecule has 146 valence electrons. The van der Waals surface area contributed by atoms with Crippen LogP contribution >= 0.6 is 0 Å². The summed E-state index contributed by atoms with van der Waals surface area (Å²) in [5, 5.41) is 2.65. The van der Waals surface area contributed by atoms with Gasteiger partial charge in [0.15, 0.2) is 0 Å². The van der Waals surface area contributed by atoms with Gasteiger partial charge in [0, 0.05) is 19.1 Å². The summed E-state index contributed by atoms with van der Waals surface area (Å²) in [5.41, 5.74) is 10.3. The standard InChI is InChI=1S/C16H27N5O5/c1-16(2,3)26-15(25)21-7-9(17)6-11(21)13(23)19-10-4-5-20(14(10)24)8-12(18)22/h9-11H,4-8,17H2,1-3H3,(H2,18,22)(H,19,23)/t9-,10-,11+/m1/s1. The number of carbonyl (C=O) groups is 4. The maximum Gasteiger partial charge on any atom is 0.411 e. The van der Waals surface area contributed by atoms with Crippen LogP contribution in [-0.2, 0) is 19.1 Å². The number of primary amides is 1. The second-order valence-corrected chi connectivity index (χ2v) is 7.72. The van der Waals surface area contributed by atoms with Crippen molar-refractivity contribution in [2.75, 3.05) is 19.6 Å². The number of likely N-dealkylation sites (tertiary alicyclic amines) is 2. The van der Waals surface area contributed by atoms with Gasteiger partial charge in [-0.15, -0.1) is 0 Å². The predicted molar refractivity (Wildman–Crippen MR) is 91.6 cm³/mol. The van der Waals surface area contributed by atoms with Crippen LogP contribution in [0.15, 0.2) is 0 Å². The highest BCUT2D eigenvalue weighted by Crippen LogP contribution is 2.21. The molecule has 10 nitrogen and oxygen atoms in total. The summed E-state index contributed by atoms with van der Waals surface area (Å²) >= 11 is 0. The Bertz CT molecular complexity index is 602. The Kier molecular flexibility index (Phi) is 5.74. The average Bonchev–Trinajstić information content (AvgIpc) is 3.03. The van der Waals surface area contributed by atoms with E-state index in [9.17, 15) is 19.2 Å². The number of carbonyl (C=O) groups excluding carboxylic acids is 4. The maximum atomic E-state index is 12.6. The molecule has 0 spiro atoms. The van der Waals surface area contributed by atoms with Crippen molar-refractivity contribution in [3.05, 3.63) is 0 Å². The number of nitrogens with one attached hydrogen (secondary N) is 1. The van der Waals surface area contributed by atoms with Gasteiger partial charge in [0.1, 0.15) is 17.7 Å². The second-order valence-electron chi connectivity index (χ2n) is 7.72. The lowest BCUT2D eigenvalue weighted by Crippen LogP contribution is -2.51. The molecular weight excluding hydrogens is 342 g/mol. The molecule has 2 heterocycles. The average molecular weight is 369 g/mol. The van der Waals surface area contributed by atoms with E-state index in [1.54, 1.807) is 20.8 Å². The Morgan fingerprint density at radius 3 is 2.54 bits per heavy atom. The zero-order valence-corrected chi connectivity index (χ0v) is 15.4. The fourth-order valence-corrected chi connectivity index (χ4v) is 3.13. The minimum absolute atomic E-state index is 0.177. The molecule has 0 unspecified atom stereocenters. The molecule has 5 N–H and O–H groups in total. The lowest BCUT2D eigenvalue weighted by Gasteiger charge is -2.28. The summed E-state index contributed by atoms with van der Waals surface area (Å²) in [6, 6.07) is -1.87. The quantitative estimate of drug-likeness (QED) is 0.551. The van der Waals surface area contributed by atoms with Gasteiger partial charge in [-0.25, -0.2) is 4.79 Å². The molecule has 2 aliphatic heterocycles. The van der Waals surface area contributed by atoms with E-state index in [1.807, 2.05) is 0 Å². The Labute approximate surface area is 152 Å². The number of amides is 4. The van der Waals surface area contributed by atoms with Crippen molar-refractivity contribution in [3.8, 4) is 0 Å². The molecule has 26 heavy (non-hydrogen) atoms. The van der Waals surface area contributed by atoms with Gasteiger partial charge in [-0.1, -0.05) is 0 Å². The van der Waals surface area contributed by atoms with Gasteiger partial charge in [0.05, 0.1) is 6.54 Å². The minimum atomic E-state index is -0.794. The number of hydrogen-bond donors (Lipinski definition) is 3. The normalized spacial score (nSPS) is 26.2. The zero-order chi connectivity index (χ0) is 19.6. The third kappa shape index (κ3) is 4.84. The van der Waals surface area contributed by atoms with Gasteiger partial charge in [0.25, 0.3) is 0 Å². The Hall–Kier alpha value is -2.36. The molecule has 2 fully saturated rings. The lowest BCUT2D eigenvalue weighted by atomic mass is 10.1. The van der Waals surface area contributed by atoms with Crippen molar-refractivity contribution >= 4 is 23.8 Å². The van der Waals surface area contributed by atoms with Gasteiger partial charge in [0.2, 0.25) is 17.7 Å². The monoisotopic (exact) mass is 369 g/mol. The topological polar surface area (TPSA) is 148 Å². The molecule has 2 rings (SSSR count). The first-order valence-corrected chi connectivity index (χ1v) is 8.60. The highest BCUT2D eigenvalue weighted by Gasteiger charge is 2.42. The van der Waals surface area contributed by atoms with Crippen LogP contribution in [0, 0.1) is 0 Å². The van der Waals surface area contributed by atoms with Crippen LogP contribution in [0.5, 0.6) is 0 Å². The Balaban J connectivity index is 2.00. The third-order valence-corrected chi connectivity index (χ3v) is 4.22. The third-order valence-electron chi connectivity index (χ3n) is 4.22. The zero-order valence-electron chi connectivity index (χ0n) is 15.4. The van der Waals surface area contributed by atoms with Crippen LogP contribution in [0.25, 0.3) is 0 Å². The molecule has 3 atom stereocenters. The fourth-order valence-electron chi connectivity index (χ4n) is 3.13. The maximum absolute atomic E-state index is 12.6. The number of hydrogen-bond acceptors (Lipinski definition) is 6. The van der Waals surface area contributed by atoms with Crippen LogP contribution in [-0.4, -0.2) is 77.0 Å². The van der Waals surface area contributed by atoms with Crippen LogP contribution in [0.1, 0.15) is 33.6 Å². The molecule has 0 radical (unpaired) electrons. The van der Waals surface area contributed by atoms with Gasteiger partial charge < -0.3 is 26.4 Å². The van der Waals surface area contributed by atoms with Crippen LogP contribution in [0.3, 0.4) is 0 Å². The van der Waals surface area contributed by atoms with Gasteiger partial charge in [-0.3, -0.25) is 19.3 Å². The summed E-state index contributed by atoms with van der Waals surface area (Å²) in [7, 11) is 0. The number of nitrogens with two attached hydrogens (primary N) is 2. The van der Waals surface area contributed by atoms with E-state index in [2.05, 4.69) is 5.32 Å². The molecule has 4 amide bonds. The van der Waals surface area contributed by atoms with Crippen molar-refractivity contribution in [1.82, 2.24) is 15.1 Å².